The van der Waals surface area contributed by atoms with Crippen LogP contribution in [0.5, 0.6) is 0 Å². The van der Waals surface area contributed by atoms with E-state index >= 15 is 0 Å². The van der Waals surface area contributed by atoms with Crippen LogP contribution in [0.2, 0.25) is 0 Å². The van der Waals surface area contributed by atoms with Crippen molar-refractivity contribution in [2.75, 3.05) is 5.32 Å². The number of thiophene rings is 2. The lowest BCUT2D eigenvalue weighted by atomic mass is 10.2. The SMILES string of the molecule is Cc1cc(C)c(C(=O)Nc2cccs2)s1. The van der Waals surface area contributed by atoms with Crippen LogP contribution >= 0.6 is 22.7 Å². The molecule has 2 heterocycles. The summed E-state index contributed by atoms with van der Waals surface area (Å²) in [5.41, 5.74) is 1.05. The quantitative estimate of drug-likeness (QED) is 0.848. The first-order valence-corrected chi connectivity index (χ1v) is 6.28. The zero-order valence-corrected chi connectivity index (χ0v) is 10.2. The maximum Gasteiger partial charge on any atom is 0.266 e. The van der Waals surface area contributed by atoms with Gasteiger partial charge in [0.25, 0.3) is 5.91 Å². The van der Waals surface area contributed by atoms with Crippen LogP contribution in [0.25, 0.3) is 0 Å². The number of nitrogens with one attached hydrogen (secondary N) is 1. The molecule has 0 bridgehead atoms. The molecule has 0 spiro atoms. The van der Waals surface area contributed by atoms with Crippen LogP contribution in [0.4, 0.5) is 5.00 Å². The fourth-order valence-corrected chi connectivity index (χ4v) is 2.92. The summed E-state index contributed by atoms with van der Waals surface area (Å²) in [6.45, 7) is 3.98. The molecule has 0 aliphatic heterocycles. The summed E-state index contributed by atoms with van der Waals surface area (Å²) < 4.78 is 0. The van der Waals surface area contributed by atoms with E-state index in [0.717, 1.165) is 15.4 Å². The minimum Gasteiger partial charge on any atom is -0.313 e. The molecule has 2 aromatic heterocycles. The van der Waals surface area contributed by atoms with E-state index in [-0.39, 0.29) is 5.91 Å². The van der Waals surface area contributed by atoms with Gasteiger partial charge in [-0.2, -0.15) is 0 Å². The lowest BCUT2D eigenvalue weighted by molar-refractivity contribution is 0.103. The smallest absolute Gasteiger partial charge is 0.266 e. The summed E-state index contributed by atoms with van der Waals surface area (Å²) in [6, 6.07) is 5.86. The lowest BCUT2D eigenvalue weighted by Crippen LogP contribution is -2.09. The van der Waals surface area contributed by atoms with Gasteiger partial charge in [-0.15, -0.1) is 22.7 Å². The highest BCUT2D eigenvalue weighted by atomic mass is 32.1. The van der Waals surface area contributed by atoms with Crippen molar-refractivity contribution in [1.29, 1.82) is 0 Å². The van der Waals surface area contributed by atoms with E-state index in [9.17, 15) is 4.79 Å². The Labute approximate surface area is 96.6 Å². The monoisotopic (exact) mass is 237 g/mol. The van der Waals surface area contributed by atoms with Crippen molar-refractivity contribution in [3.63, 3.8) is 0 Å². The number of hydrogen-bond acceptors (Lipinski definition) is 3. The second-order valence-electron chi connectivity index (χ2n) is 3.30. The van der Waals surface area contributed by atoms with Crippen LogP contribution in [-0.4, -0.2) is 5.91 Å². The molecule has 0 radical (unpaired) electrons. The minimum absolute atomic E-state index is 0.00644. The van der Waals surface area contributed by atoms with E-state index in [0.29, 0.717) is 0 Å². The van der Waals surface area contributed by atoms with Gasteiger partial charge in [0.1, 0.15) is 0 Å². The van der Waals surface area contributed by atoms with Crippen LogP contribution in [0.3, 0.4) is 0 Å². The maximum atomic E-state index is 11.9. The Kier molecular flexibility index (Phi) is 2.88. The standard InChI is InChI=1S/C11H11NOS2/c1-7-6-8(2)15-10(7)11(13)12-9-4-3-5-14-9/h3-6H,1-2H3,(H,12,13). The van der Waals surface area contributed by atoms with Crippen molar-refractivity contribution in [2.45, 2.75) is 13.8 Å². The third-order valence-electron chi connectivity index (χ3n) is 2.01. The highest BCUT2D eigenvalue weighted by molar-refractivity contribution is 7.15. The minimum atomic E-state index is -0.00644. The molecule has 1 N–H and O–H groups in total. The zero-order valence-electron chi connectivity index (χ0n) is 8.53. The van der Waals surface area contributed by atoms with Gasteiger partial charge in [-0.3, -0.25) is 4.79 Å². The van der Waals surface area contributed by atoms with E-state index < -0.39 is 0 Å². The molecule has 0 fully saturated rings. The number of aryl methyl sites for hydroxylation is 2. The summed E-state index contributed by atoms with van der Waals surface area (Å²) in [7, 11) is 0. The largest absolute Gasteiger partial charge is 0.313 e. The first-order valence-electron chi connectivity index (χ1n) is 4.58. The number of hydrogen-bond donors (Lipinski definition) is 1. The molecule has 15 heavy (non-hydrogen) atoms. The van der Waals surface area contributed by atoms with E-state index in [1.54, 1.807) is 0 Å². The molecule has 2 aromatic rings. The fourth-order valence-electron chi connectivity index (χ4n) is 1.39. The van der Waals surface area contributed by atoms with Crippen LogP contribution < -0.4 is 5.32 Å². The van der Waals surface area contributed by atoms with Crippen LogP contribution in [0.1, 0.15) is 20.1 Å². The average Bonchev–Trinajstić information content (AvgIpc) is 2.75. The van der Waals surface area contributed by atoms with Crippen LogP contribution in [0.15, 0.2) is 23.6 Å². The van der Waals surface area contributed by atoms with Gasteiger partial charge >= 0.3 is 0 Å². The Morgan fingerprint density at radius 3 is 2.73 bits per heavy atom. The maximum absolute atomic E-state index is 11.9. The average molecular weight is 237 g/mol. The zero-order chi connectivity index (χ0) is 10.8. The van der Waals surface area contributed by atoms with Gasteiger partial charge in [0.15, 0.2) is 0 Å². The molecule has 0 aliphatic rings. The summed E-state index contributed by atoms with van der Waals surface area (Å²) in [5.74, 6) is -0.00644. The van der Waals surface area contributed by atoms with Gasteiger partial charge in [0.05, 0.1) is 9.88 Å². The molecule has 78 valence electrons. The first kappa shape index (κ1) is 10.4. The normalized spacial score (nSPS) is 10.3. The van der Waals surface area contributed by atoms with Gasteiger partial charge in [0, 0.05) is 4.88 Å². The molecule has 2 rings (SSSR count). The molecule has 0 saturated carbocycles. The summed E-state index contributed by atoms with van der Waals surface area (Å²) in [5, 5.41) is 5.72. The summed E-state index contributed by atoms with van der Waals surface area (Å²) in [4.78, 5) is 13.8. The Morgan fingerprint density at radius 1 is 1.40 bits per heavy atom. The molecule has 1 amide bonds. The second kappa shape index (κ2) is 4.16. The van der Waals surface area contributed by atoms with E-state index in [1.165, 1.54) is 27.6 Å². The second-order valence-corrected chi connectivity index (χ2v) is 5.50. The third-order valence-corrected chi connectivity index (χ3v) is 3.94. The predicted octanol–water partition coefficient (Wildman–Crippen LogP) is 3.68. The number of rotatable bonds is 2. The molecular formula is C11H11NOS2. The molecule has 0 atom stereocenters. The number of amides is 1. The first-order chi connectivity index (χ1) is 7.16. The van der Waals surface area contributed by atoms with Crippen molar-refractivity contribution in [2.24, 2.45) is 0 Å². The van der Waals surface area contributed by atoms with Gasteiger partial charge in [0.2, 0.25) is 0 Å². The molecule has 4 heteroatoms. The van der Waals surface area contributed by atoms with Crippen molar-refractivity contribution in [1.82, 2.24) is 0 Å². The predicted molar refractivity (Wildman–Crippen MR) is 66.1 cm³/mol. The Morgan fingerprint density at radius 2 is 2.20 bits per heavy atom. The van der Waals surface area contributed by atoms with Crippen molar-refractivity contribution >= 4 is 33.6 Å². The Hall–Kier alpha value is -1.13. The Bertz CT molecular complexity index is 471. The van der Waals surface area contributed by atoms with Gasteiger partial charge in [-0.25, -0.2) is 0 Å². The van der Waals surface area contributed by atoms with Crippen LogP contribution in [-0.2, 0) is 0 Å². The third kappa shape index (κ3) is 2.27. The van der Waals surface area contributed by atoms with Crippen molar-refractivity contribution < 1.29 is 4.79 Å². The van der Waals surface area contributed by atoms with Gasteiger partial charge in [-0.1, -0.05) is 0 Å². The van der Waals surface area contributed by atoms with Crippen molar-refractivity contribution in [3.05, 3.63) is 38.9 Å². The van der Waals surface area contributed by atoms with Crippen LogP contribution in [0, 0.1) is 13.8 Å². The van der Waals surface area contributed by atoms with Gasteiger partial charge < -0.3 is 5.32 Å². The molecule has 2 nitrogen and oxygen atoms in total. The summed E-state index contributed by atoms with van der Waals surface area (Å²) >= 11 is 3.07. The number of anilines is 1. The number of carbonyl (C=O) groups is 1. The van der Waals surface area contributed by atoms with Crippen molar-refractivity contribution in [3.8, 4) is 0 Å². The molecule has 0 unspecified atom stereocenters. The summed E-state index contributed by atoms with van der Waals surface area (Å²) in [6.07, 6.45) is 0. The van der Waals surface area contributed by atoms with E-state index in [2.05, 4.69) is 5.32 Å². The molecular weight excluding hydrogens is 226 g/mol. The number of carbonyl (C=O) groups excluding carboxylic acids is 1. The highest BCUT2D eigenvalue weighted by Gasteiger charge is 2.12. The molecule has 0 aromatic carbocycles. The fraction of sp³-hybridized carbons (Fsp3) is 0.182. The van der Waals surface area contributed by atoms with E-state index in [4.69, 9.17) is 0 Å². The highest BCUT2D eigenvalue weighted by Crippen LogP contribution is 2.23. The van der Waals surface area contributed by atoms with E-state index in [1.807, 2.05) is 37.4 Å². The van der Waals surface area contributed by atoms with Gasteiger partial charge in [-0.05, 0) is 43.0 Å². The molecule has 0 saturated heterocycles. The molecule has 0 aliphatic carbocycles. The Balaban J connectivity index is 2.18. The lowest BCUT2D eigenvalue weighted by Gasteiger charge is -2.00. The topological polar surface area (TPSA) is 29.1 Å².